The normalized spacial score (nSPS) is 12.7. The number of halogens is 1. The molecule has 0 unspecified atom stereocenters. The van der Waals surface area contributed by atoms with Crippen molar-refractivity contribution in [2.24, 2.45) is 0 Å². The lowest BCUT2D eigenvalue weighted by molar-refractivity contribution is 0.592. The standard InChI is InChI=1S/C23H21FO4S2/c1-17-3-11-21(12-4-17)29(25,26)16-23(15-19-7-9-20(24)10-8-19)30(27,28)22-13-5-18(2)6-14-22/h3-15H,16H2,1-2H3. The van der Waals surface area contributed by atoms with Crippen LogP contribution in [0.1, 0.15) is 16.7 Å². The van der Waals surface area contributed by atoms with Crippen LogP contribution in [0.15, 0.2) is 87.5 Å². The van der Waals surface area contributed by atoms with Crippen molar-refractivity contribution in [1.29, 1.82) is 0 Å². The molecule has 7 heteroatoms. The highest BCUT2D eigenvalue weighted by atomic mass is 32.2. The van der Waals surface area contributed by atoms with Gasteiger partial charge >= 0.3 is 0 Å². The van der Waals surface area contributed by atoms with Crippen LogP contribution in [0.3, 0.4) is 0 Å². The van der Waals surface area contributed by atoms with Crippen LogP contribution in [-0.2, 0) is 19.7 Å². The van der Waals surface area contributed by atoms with Gasteiger partial charge in [-0.25, -0.2) is 21.2 Å². The molecular formula is C23H21FO4S2. The minimum Gasteiger partial charge on any atom is -0.223 e. The van der Waals surface area contributed by atoms with Crippen molar-refractivity contribution in [3.63, 3.8) is 0 Å². The summed E-state index contributed by atoms with van der Waals surface area (Å²) in [5, 5.41) is 0. The Morgan fingerprint density at radius 1 is 0.733 bits per heavy atom. The van der Waals surface area contributed by atoms with Gasteiger partial charge in [0.25, 0.3) is 0 Å². The van der Waals surface area contributed by atoms with E-state index in [9.17, 15) is 21.2 Å². The van der Waals surface area contributed by atoms with E-state index < -0.39 is 31.2 Å². The summed E-state index contributed by atoms with van der Waals surface area (Å²) in [6.45, 7) is 3.66. The van der Waals surface area contributed by atoms with Gasteiger partial charge in [0, 0.05) is 0 Å². The number of hydrogen-bond donors (Lipinski definition) is 0. The van der Waals surface area contributed by atoms with E-state index >= 15 is 0 Å². The predicted molar refractivity (Wildman–Crippen MR) is 116 cm³/mol. The maximum Gasteiger partial charge on any atom is 0.203 e. The zero-order valence-corrected chi connectivity index (χ0v) is 18.2. The van der Waals surface area contributed by atoms with Crippen molar-refractivity contribution in [3.8, 4) is 0 Å². The fraction of sp³-hybridized carbons (Fsp3) is 0.130. The zero-order chi connectivity index (χ0) is 21.9. The number of aryl methyl sites for hydroxylation is 2. The summed E-state index contributed by atoms with van der Waals surface area (Å²) in [6.07, 6.45) is 1.28. The molecule has 0 spiro atoms. The van der Waals surface area contributed by atoms with Crippen LogP contribution in [0, 0.1) is 19.7 Å². The largest absolute Gasteiger partial charge is 0.223 e. The van der Waals surface area contributed by atoms with Crippen LogP contribution < -0.4 is 0 Å². The molecule has 0 heterocycles. The Labute approximate surface area is 176 Å². The third-order valence-electron chi connectivity index (χ3n) is 4.59. The predicted octanol–water partition coefficient (Wildman–Crippen LogP) is 4.73. The molecule has 3 rings (SSSR count). The van der Waals surface area contributed by atoms with Crippen molar-refractivity contribution in [2.45, 2.75) is 23.6 Å². The Balaban J connectivity index is 2.11. The second kappa shape index (κ2) is 8.53. The van der Waals surface area contributed by atoms with E-state index in [-0.39, 0.29) is 14.7 Å². The highest BCUT2D eigenvalue weighted by Crippen LogP contribution is 2.26. The van der Waals surface area contributed by atoms with Gasteiger partial charge in [0.2, 0.25) is 9.84 Å². The third kappa shape index (κ3) is 5.04. The van der Waals surface area contributed by atoms with Crippen molar-refractivity contribution in [2.75, 3.05) is 5.75 Å². The maximum absolute atomic E-state index is 13.3. The van der Waals surface area contributed by atoms with Crippen molar-refractivity contribution < 1.29 is 21.2 Å². The minimum atomic E-state index is -4.09. The van der Waals surface area contributed by atoms with E-state index in [1.54, 1.807) is 24.3 Å². The summed E-state index contributed by atoms with van der Waals surface area (Å²) in [6, 6.07) is 17.6. The fourth-order valence-electron chi connectivity index (χ4n) is 2.83. The van der Waals surface area contributed by atoms with Crippen molar-refractivity contribution in [1.82, 2.24) is 0 Å². The lowest BCUT2D eigenvalue weighted by atomic mass is 10.2. The highest BCUT2D eigenvalue weighted by molar-refractivity contribution is 7.98. The SMILES string of the molecule is Cc1ccc(S(=O)(=O)CC(=Cc2ccc(F)cc2)S(=O)(=O)c2ccc(C)cc2)cc1. The van der Waals surface area contributed by atoms with Crippen LogP contribution in [-0.4, -0.2) is 22.6 Å². The van der Waals surface area contributed by atoms with E-state index in [2.05, 4.69) is 0 Å². The second-order valence-corrected chi connectivity index (χ2v) is 11.0. The monoisotopic (exact) mass is 444 g/mol. The number of benzene rings is 3. The van der Waals surface area contributed by atoms with Crippen LogP contribution in [0.25, 0.3) is 6.08 Å². The summed E-state index contributed by atoms with van der Waals surface area (Å²) in [7, 11) is -8.01. The summed E-state index contributed by atoms with van der Waals surface area (Å²) in [5.74, 6) is -1.17. The molecule has 4 nitrogen and oxygen atoms in total. The van der Waals surface area contributed by atoms with E-state index in [0.717, 1.165) is 11.1 Å². The molecule has 0 aliphatic carbocycles. The quantitative estimate of drug-likeness (QED) is 0.551. The third-order valence-corrected chi connectivity index (χ3v) is 8.30. The molecule has 0 N–H and O–H groups in total. The fourth-order valence-corrected chi connectivity index (χ4v) is 6.18. The Morgan fingerprint density at radius 2 is 1.20 bits per heavy atom. The van der Waals surface area contributed by atoms with Gasteiger partial charge in [0.1, 0.15) is 5.82 Å². The molecule has 0 atom stereocenters. The summed E-state index contributed by atoms with van der Waals surface area (Å²) in [5.41, 5.74) is 2.16. The topological polar surface area (TPSA) is 68.3 Å². The van der Waals surface area contributed by atoms with Gasteiger partial charge in [0.05, 0.1) is 20.4 Å². The van der Waals surface area contributed by atoms with Gasteiger partial charge in [-0.15, -0.1) is 0 Å². The molecule has 0 saturated carbocycles. The Hall–Kier alpha value is -2.77. The van der Waals surface area contributed by atoms with E-state index in [1.165, 1.54) is 54.6 Å². The van der Waals surface area contributed by atoms with Crippen LogP contribution in [0.4, 0.5) is 4.39 Å². The molecule has 3 aromatic carbocycles. The first-order valence-electron chi connectivity index (χ1n) is 9.15. The molecule has 0 fully saturated rings. The smallest absolute Gasteiger partial charge is 0.203 e. The molecule has 0 amide bonds. The van der Waals surface area contributed by atoms with Gasteiger partial charge in [-0.2, -0.15) is 0 Å². The lowest BCUT2D eigenvalue weighted by Crippen LogP contribution is -2.16. The molecule has 0 bridgehead atoms. The zero-order valence-electron chi connectivity index (χ0n) is 16.5. The van der Waals surface area contributed by atoms with Crippen LogP contribution in [0.5, 0.6) is 0 Å². The van der Waals surface area contributed by atoms with E-state index in [1.807, 2.05) is 13.8 Å². The molecular weight excluding hydrogens is 423 g/mol. The number of rotatable bonds is 6. The second-order valence-electron chi connectivity index (χ2n) is 7.05. The average molecular weight is 445 g/mol. The van der Waals surface area contributed by atoms with Gasteiger partial charge in [-0.3, -0.25) is 0 Å². The Bertz CT molecular complexity index is 1270. The molecule has 0 aliphatic heterocycles. The van der Waals surface area contributed by atoms with E-state index in [4.69, 9.17) is 0 Å². The first-order chi connectivity index (χ1) is 14.1. The molecule has 0 aromatic heterocycles. The van der Waals surface area contributed by atoms with Crippen molar-refractivity contribution >= 4 is 25.8 Å². The Morgan fingerprint density at radius 3 is 1.70 bits per heavy atom. The first kappa shape index (κ1) is 21.9. The van der Waals surface area contributed by atoms with Gasteiger partial charge in [-0.1, -0.05) is 47.5 Å². The summed E-state index contributed by atoms with van der Waals surface area (Å²) < 4.78 is 65.7. The van der Waals surface area contributed by atoms with Crippen LogP contribution in [0.2, 0.25) is 0 Å². The van der Waals surface area contributed by atoms with E-state index in [0.29, 0.717) is 5.56 Å². The molecule has 3 aromatic rings. The number of sulfone groups is 2. The maximum atomic E-state index is 13.3. The first-order valence-corrected chi connectivity index (χ1v) is 12.3. The molecule has 0 aliphatic rings. The van der Waals surface area contributed by atoms with Crippen LogP contribution >= 0.6 is 0 Å². The average Bonchev–Trinajstić information content (AvgIpc) is 2.69. The molecule has 30 heavy (non-hydrogen) atoms. The number of hydrogen-bond acceptors (Lipinski definition) is 4. The minimum absolute atomic E-state index is 0.000526. The summed E-state index contributed by atoms with van der Waals surface area (Å²) >= 11 is 0. The molecule has 0 radical (unpaired) electrons. The van der Waals surface area contributed by atoms with Gasteiger partial charge < -0.3 is 0 Å². The summed E-state index contributed by atoms with van der Waals surface area (Å²) in [4.78, 5) is -0.240. The van der Waals surface area contributed by atoms with Crippen molar-refractivity contribution in [3.05, 3.63) is 100 Å². The van der Waals surface area contributed by atoms with Gasteiger partial charge in [-0.05, 0) is 61.9 Å². The van der Waals surface area contributed by atoms with Gasteiger partial charge in [0.15, 0.2) is 9.84 Å². The molecule has 156 valence electrons. The Kier molecular flexibility index (Phi) is 6.24. The molecule has 0 saturated heterocycles. The lowest BCUT2D eigenvalue weighted by Gasteiger charge is -2.12. The highest BCUT2D eigenvalue weighted by Gasteiger charge is 2.27.